The summed E-state index contributed by atoms with van der Waals surface area (Å²) in [6, 6.07) is 13.8. The minimum Gasteiger partial charge on any atom is -0.490 e. The zero-order valence-electron chi connectivity index (χ0n) is 17.4. The number of rotatable bonds is 5. The molecule has 2 aromatic carbocycles. The number of hydrogen-bond donors (Lipinski definition) is 3. The Morgan fingerprint density at radius 3 is 2.45 bits per heavy atom. The molecule has 1 fully saturated rings. The molecule has 0 aliphatic heterocycles. The number of tetrazole rings is 1. The van der Waals surface area contributed by atoms with Gasteiger partial charge in [-0.3, -0.25) is 4.79 Å². The molecular formula is C22H19N9O2. The average molecular weight is 441 g/mol. The fourth-order valence-corrected chi connectivity index (χ4v) is 4.16. The third-order valence-electron chi connectivity index (χ3n) is 5.85. The molecule has 0 atom stereocenters. The summed E-state index contributed by atoms with van der Waals surface area (Å²) in [5.41, 5.74) is 3.66. The zero-order chi connectivity index (χ0) is 22.2. The number of aromatic amines is 3. The highest BCUT2D eigenvalue weighted by Crippen LogP contribution is 2.35. The van der Waals surface area contributed by atoms with Crippen molar-refractivity contribution in [1.82, 2.24) is 46.0 Å². The molecule has 0 unspecified atom stereocenters. The summed E-state index contributed by atoms with van der Waals surface area (Å²) in [7, 11) is 0. The molecule has 3 aromatic heterocycles. The molecule has 11 heteroatoms. The lowest BCUT2D eigenvalue weighted by Crippen LogP contribution is -2.13. The molecule has 164 valence electrons. The van der Waals surface area contributed by atoms with Gasteiger partial charge in [-0.15, -0.1) is 20.4 Å². The van der Waals surface area contributed by atoms with Crippen molar-refractivity contribution in [3.8, 4) is 39.7 Å². The smallest absolute Gasteiger partial charge is 0.281 e. The van der Waals surface area contributed by atoms with E-state index in [1.54, 1.807) is 0 Å². The largest absolute Gasteiger partial charge is 0.490 e. The molecule has 11 nitrogen and oxygen atoms in total. The Hall–Kier alpha value is -4.41. The maximum absolute atomic E-state index is 12.4. The van der Waals surface area contributed by atoms with Crippen LogP contribution in [0.2, 0.25) is 0 Å². The van der Waals surface area contributed by atoms with E-state index in [9.17, 15) is 4.79 Å². The molecular weight excluding hydrogens is 422 g/mol. The second-order valence-electron chi connectivity index (χ2n) is 7.96. The molecule has 0 radical (unpaired) electrons. The van der Waals surface area contributed by atoms with Gasteiger partial charge >= 0.3 is 0 Å². The number of fused-ring (bicyclic) bond motifs is 1. The number of nitrogens with zero attached hydrogens (tertiary/aromatic N) is 6. The summed E-state index contributed by atoms with van der Waals surface area (Å²) >= 11 is 0. The predicted octanol–water partition coefficient (Wildman–Crippen LogP) is 2.88. The maximum atomic E-state index is 12.4. The van der Waals surface area contributed by atoms with Gasteiger partial charge in [0.05, 0.1) is 11.7 Å². The summed E-state index contributed by atoms with van der Waals surface area (Å²) in [5, 5.41) is 24.4. The quantitative estimate of drug-likeness (QED) is 0.377. The molecule has 0 bridgehead atoms. The lowest BCUT2D eigenvalue weighted by atomic mass is 10.0. The monoisotopic (exact) mass is 441 g/mol. The SMILES string of the molecule is O=c1[nH]c(-c2ccc(-c3ccc(-c4nn[nH]n4)cc3)cc2OC2CCCC2)nc2n[nH]nc12. The molecule has 1 aliphatic carbocycles. The summed E-state index contributed by atoms with van der Waals surface area (Å²) in [6.07, 6.45) is 4.46. The molecule has 1 aliphatic rings. The third kappa shape index (κ3) is 3.63. The predicted molar refractivity (Wildman–Crippen MR) is 119 cm³/mol. The molecule has 3 N–H and O–H groups in total. The molecule has 3 heterocycles. The van der Waals surface area contributed by atoms with Gasteiger partial charge in [-0.1, -0.05) is 30.3 Å². The first-order valence-corrected chi connectivity index (χ1v) is 10.7. The summed E-state index contributed by atoms with van der Waals surface area (Å²) in [6.45, 7) is 0. The van der Waals surface area contributed by atoms with E-state index in [4.69, 9.17) is 4.74 Å². The number of ether oxygens (including phenoxy) is 1. The summed E-state index contributed by atoms with van der Waals surface area (Å²) < 4.78 is 6.40. The van der Waals surface area contributed by atoms with Gasteiger partial charge in [-0.05, 0) is 54.2 Å². The maximum Gasteiger partial charge on any atom is 0.281 e. The normalized spacial score (nSPS) is 14.2. The van der Waals surface area contributed by atoms with Gasteiger partial charge in [0.25, 0.3) is 5.56 Å². The van der Waals surface area contributed by atoms with Crippen molar-refractivity contribution in [3.63, 3.8) is 0 Å². The molecule has 5 aromatic rings. The van der Waals surface area contributed by atoms with Crippen molar-refractivity contribution >= 4 is 11.2 Å². The van der Waals surface area contributed by atoms with Gasteiger partial charge in [-0.2, -0.15) is 10.4 Å². The third-order valence-corrected chi connectivity index (χ3v) is 5.85. The fourth-order valence-electron chi connectivity index (χ4n) is 4.16. The van der Waals surface area contributed by atoms with Crippen LogP contribution in [-0.2, 0) is 0 Å². The standard InChI is InChI=1S/C22H19N9O2/c32-22-18-21(28-29-25-18)23-20(24-22)16-10-9-14(11-17(16)33-15-3-1-2-4-15)12-5-7-13(8-6-12)19-26-30-31-27-19/h5-11,15H,1-4H2,(H,26,27,30,31)(H2,23,24,25,28,29,32). The Morgan fingerprint density at radius 2 is 1.67 bits per heavy atom. The van der Waals surface area contributed by atoms with Crippen LogP contribution in [0.1, 0.15) is 25.7 Å². The van der Waals surface area contributed by atoms with Gasteiger partial charge in [-0.25, -0.2) is 4.98 Å². The van der Waals surface area contributed by atoms with E-state index in [1.807, 2.05) is 42.5 Å². The molecule has 1 saturated carbocycles. The summed E-state index contributed by atoms with van der Waals surface area (Å²) in [4.78, 5) is 19.7. The second-order valence-corrected chi connectivity index (χ2v) is 7.96. The van der Waals surface area contributed by atoms with Crippen LogP contribution in [0.5, 0.6) is 5.75 Å². The molecule has 6 rings (SSSR count). The van der Waals surface area contributed by atoms with E-state index in [2.05, 4.69) is 46.0 Å². The highest BCUT2D eigenvalue weighted by atomic mass is 16.5. The highest BCUT2D eigenvalue weighted by molar-refractivity contribution is 5.77. The number of hydrogen-bond acceptors (Lipinski definition) is 8. The molecule has 33 heavy (non-hydrogen) atoms. The van der Waals surface area contributed by atoms with E-state index in [0.29, 0.717) is 23.0 Å². The first kappa shape index (κ1) is 19.3. The van der Waals surface area contributed by atoms with Crippen molar-refractivity contribution in [2.75, 3.05) is 0 Å². The fraction of sp³-hybridized carbons (Fsp3) is 0.227. The van der Waals surface area contributed by atoms with E-state index in [0.717, 1.165) is 42.4 Å². The van der Waals surface area contributed by atoms with Crippen LogP contribution < -0.4 is 10.3 Å². The van der Waals surface area contributed by atoms with Crippen LogP contribution >= 0.6 is 0 Å². The van der Waals surface area contributed by atoms with E-state index < -0.39 is 0 Å². The van der Waals surface area contributed by atoms with Gasteiger partial charge < -0.3 is 9.72 Å². The van der Waals surface area contributed by atoms with E-state index in [-0.39, 0.29) is 22.8 Å². The Balaban J connectivity index is 1.41. The van der Waals surface area contributed by atoms with Crippen LogP contribution in [0.25, 0.3) is 45.1 Å². The van der Waals surface area contributed by atoms with Crippen LogP contribution in [0.3, 0.4) is 0 Å². The Labute approximate surface area is 186 Å². The van der Waals surface area contributed by atoms with Gasteiger partial charge in [0.1, 0.15) is 11.6 Å². The lowest BCUT2D eigenvalue weighted by Gasteiger charge is -2.17. The van der Waals surface area contributed by atoms with Crippen LogP contribution in [-0.4, -0.2) is 52.1 Å². The van der Waals surface area contributed by atoms with Gasteiger partial charge in [0.15, 0.2) is 5.52 Å². The number of H-pyrrole nitrogens is 3. The number of benzene rings is 2. The second kappa shape index (κ2) is 7.93. The lowest BCUT2D eigenvalue weighted by molar-refractivity contribution is 0.211. The van der Waals surface area contributed by atoms with Crippen LogP contribution in [0, 0.1) is 0 Å². The Morgan fingerprint density at radius 1 is 0.879 bits per heavy atom. The highest BCUT2D eigenvalue weighted by Gasteiger charge is 2.21. The number of nitrogens with one attached hydrogen (secondary N) is 3. The average Bonchev–Trinajstić information content (AvgIpc) is 3.62. The molecule has 0 spiro atoms. The number of aromatic nitrogens is 9. The van der Waals surface area contributed by atoms with Crippen LogP contribution in [0.15, 0.2) is 47.3 Å². The first-order valence-electron chi connectivity index (χ1n) is 10.7. The molecule has 0 saturated heterocycles. The Bertz CT molecular complexity index is 1470. The van der Waals surface area contributed by atoms with Crippen molar-refractivity contribution in [1.29, 1.82) is 0 Å². The van der Waals surface area contributed by atoms with Crippen molar-refractivity contribution in [2.45, 2.75) is 31.8 Å². The van der Waals surface area contributed by atoms with E-state index >= 15 is 0 Å². The van der Waals surface area contributed by atoms with Crippen LogP contribution in [0.4, 0.5) is 0 Å². The minimum atomic E-state index is -0.350. The first-order chi connectivity index (χ1) is 16.2. The van der Waals surface area contributed by atoms with Gasteiger partial charge in [0.2, 0.25) is 11.5 Å². The Kier molecular flexibility index (Phi) is 4.64. The van der Waals surface area contributed by atoms with Gasteiger partial charge in [0, 0.05) is 5.56 Å². The van der Waals surface area contributed by atoms with E-state index in [1.165, 1.54) is 0 Å². The topological polar surface area (TPSA) is 151 Å². The molecule has 0 amide bonds. The van der Waals surface area contributed by atoms with Crippen molar-refractivity contribution < 1.29 is 4.74 Å². The van der Waals surface area contributed by atoms with Crippen molar-refractivity contribution in [3.05, 3.63) is 52.8 Å². The minimum absolute atomic E-state index is 0.141. The van der Waals surface area contributed by atoms with Crippen molar-refractivity contribution in [2.24, 2.45) is 0 Å². The zero-order valence-corrected chi connectivity index (χ0v) is 17.4. The summed E-state index contributed by atoms with van der Waals surface area (Å²) in [5.74, 6) is 1.61.